The van der Waals surface area contributed by atoms with E-state index in [1.807, 2.05) is 42.5 Å². The zero-order valence-electron chi connectivity index (χ0n) is 20.2. The summed E-state index contributed by atoms with van der Waals surface area (Å²) in [6.07, 6.45) is 2.65. The molecule has 2 saturated heterocycles. The Kier molecular flexibility index (Phi) is 8.10. The van der Waals surface area contributed by atoms with Gasteiger partial charge in [0, 0.05) is 43.1 Å². The van der Waals surface area contributed by atoms with Crippen LogP contribution in [0, 0.1) is 17.8 Å². The van der Waals surface area contributed by atoms with Crippen molar-refractivity contribution >= 4 is 10.0 Å². The molecule has 3 atom stereocenters. The van der Waals surface area contributed by atoms with Crippen molar-refractivity contribution in [2.24, 2.45) is 5.92 Å². The van der Waals surface area contributed by atoms with Gasteiger partial charge in [0.15, 0.2) is 0 Å². The standard InChI is InChI=1S/C28H36N2O3S/c1-22(2)9-8-12-23-13-15-25(16-14-23)28-26-19-29(17-6-7-18-30(26)27(28)20-31)34(32,33)21-24-10-4-3-5-11-24/h3-5,10-11,13-16,22,26-28,31H,6-7,9,17-21H2,1-2H3/t26-,27-,28-/m1/s1. The topological polar surface area (TPSA) is 60.9 Å². The molecule has 0 radical (unpaired) electrons. The van der Waals surface area contributed by atoms with E-state index in [1.165, 1.54) is 0 Å². The van der Waals surface area contributed by atoms with Crippen LogP contribution in [0.5, 0.6) is 0 Å². The highest BCUT2D eigenvalue weighted by atomic mass is 32.2. The van der Waals surface area contributed by atoms with Gasteiger partial charge in [-0.05, 0) is 48.6 Å². The number of rotatable bonds is 6. The average molecular weight is 481 g/mol. The third-order valence-corrected chi connectivity index (χ3v) is 8.77. The van der Waals surface area contributed by atoms with Gasteiger partial charge in [-0.3, -0.25) is 4.90 Å². The summed E-state index contributed by atoms with van der Waals surface area (Å²) in [5.74, 6) is 7.15. The quantitative estimate of drug-likeness (QED) is 0.639. The normalized spacial score (nSPS) is 23.8. The Morgan fingerprint density at radius 3 is 2.41 bits per heavy atom. The van der Waals surface area contributed by atoms with E-state index in [1.54, 1.807) is 4.31 Å². The summed E-state index contributed by atoms with van der Waals surface area (Å²) in [6, 6.07) is 17.8. The van der Waals surface area contributed by atoms with E-state index in [0.717, 1.165) is 42.5 Å². The first-order chi connectivity index (χ1) is 16.4. The van der Waals surface area contributed by atoms with Gasteiger partial charge in [0.25, 0.3) is 0 Å². The molecule has 0 unspecified atom stereocenters. The molecule has 2 aliphatic heterocycles. The van der Waals surface area contributed by atoms with Crippen LogP contribution in [0.1, 0.15) is 55.7 Å². The molecule has 2 fully saturated rings. The fourth-order valence-electron chi connectivity index (χ4n) is 5.18. The summed E-state index contributed by atoms with van der Waals surface area (Å²) in [4.78, 5) is 2.31. The highest BCUT2D eigenvalue weighted by Crippen LogP contribution is 2.42. The summed E-state index contributed by atoms with van der Waals surface area (Å²) in [5, 5.41) is 10.2. The molecule has 0 spiro atoms. The van der Waals surface area contributed by atoms with Crippen molar-refractivity contribution in [2.75, 3.05) is 26.2 Å². The van der Waals surface area contributed by atoms with E-state index in [0.29, 0.717) is 19.0 Å². The Hall–Kier alpha value is -2.17. The molecule has 4 rings (SSSR count). The summed E-state index contributed by atoms with van der Waals surface area (Å²) >= 11 is 0. The minimum atomic E-state index is -3.43. The van der Waals surface area contributed by atoms with E-state index < -0.39 is 10.0 Å². The smallest absolute Gasteiger partial charge is 0.218 e. The maximum atomic E-state index is 13.3. The number of hydrogen-bond acceptors (Lipinski definition) is 4. The molecule has 2 heterocycles. The Balaban J connectivity index is 1.53. The lowest BCUT2D eigenvalue weighted by Gasteiger charge is -2.57. The largest absolute Gasteiger partial charge is 0.395 e. The third kappa shape index (κ3) is 5.72. The summed E-state index contributed by atoms with van der Waals surface area (Å²) in [5.41, 5.74) is 2.95. The van der Waals surface area contributed by atoms with E-state index in [9.17, 15) is 13.5 Å². The maximum absolute atomic E-state index is 13.3. The third-order valence-electron chi connectivity index (χ3n) is 6.96. The van der Waals surface area contributed by atoms with Crippen LogP contribution < -0.4 is 0 Å². The predicted octanol–water partition coefficient (Wildman–Crippen LogP) is 3.84. The van der Waals surface area contributed by atoms with Gasteiger partial charge in [0.1, 0.15) is 0 Å². The van der Waals surface area contributed by atoms with Crippen molar-refractivity contribution in [3.05, 3.63) is 71.3 Å². The lowest BCUT2D eigenvalue weighted by molar-refractivity contribution is -0.0554. The second kappa shape index (κ2) is 11.0. The fourth-order valence-corrected chi connectivity index (χ4v) is 6.77. The molecule has 0 saturated carbocycles. The molecule has 34 heavy (non-hydrogen) atoms. The number of aliphatic hydroxyl groups is 1. The highest BCUT2D eigenvalue weighted by Gasteiger charge is 2.50. The number of hydrogen-bond donors (Lipinski definition) is 1. The van der Waals surface area contributed by atoms with Crippen LogP contribution in [0.2, 0.25) is 0 Å². The van der Waals surface area contributed by atoms with Gasteiger partial charge in [-0.1, -0.05) is 68.2 Å². The maximum Gasteiger partial charge on any atom is 0.218 e. The molecule has 0 bridgehead atoms. The monoisotopic (exact) mass is 480 g/mol. The van der Waals surface area contributed by atoms with Crippen molar-refractivity contribution in [1.82, 2.24) is 9.21 Å². The van der Waals surface area contributed by atoms with Gasteiger partial charge < -0.3 is 5.11 Å². The molecule has 0 aromatic heterocycles. The molecule has 0 amide bonds. The first-order valence-corrected chi connectivity index (χ1v) is 14.0. The molecule has 5 nitrogen and oxygen atoms in total. The van der Waals surface area contributed by atoms with Crippen LogP contribution in [-0.4, -0.2) is 61.1 Å². The number of nitrogens with zero attached hydrogens (tertiary/aromatic N) is 2. The predicted molar refractivity (Wildman–Crippen MR) is 137 cm³/mol. The minimum absolute atomic E-state index is 0.0262. The molecular formula is C28H36N2O3S. The number of sulfonamides is 1. The summed E-state index contributed by atoms with van der Waals surface area (Å²) in [7, 11) is -3.43. The molecule has 2 aliphatic rings. The van der Waals surface area contributed by atoms with Crippen molar-refractivity contribution in [2.45, 2.75) is 56.9 Å². The van der Waals surface area contributed by atoms with Crippen molar-refractivity contribution in [1.29, 1.82) is 0 Å². The average Bonchev–Trinajstić information content (AvgIpc) is 2.79. The number of aliphatic hydroxyl groups excluding tert-OH is 1. The van der Waals surface area contributed by atoms with Crippen LogP contribution in [-0.2, 0) is 15.8 Å². The van der Waals surface area contributed by atoms with Gasteiger partial charge in [-0.25, -0.2) is 12.7 Å². The van der Waals surface area contributed by atoms with E-state index in [4.69, 9.17) is 0 Å². The van der Waals surface area contributed by atoms with Crippen LogP contribution >= 0.6 is 0 Å². The first kappa shape index (κ1) is 24.9. The summed E-state index contributed by atoms with van der Waals surface area (Å²) in [6.45, 7) is 6.32. The van der Waals surface area contributed by atoms with E-state index >= 15 is 0 Å². The van der Waals surface area contributed by atoms with Crippen LogP contribution in [0.3, 0.4) is 0 Å². The van der Waals surface area contributed by atoms with Crippen molar-refractivity contribution < 1.29 is 13.5 Å². The first-order valence-electron chi connectivity index (χ1n) is 12.4. The fraction of sp³-hybridized carbons (Fsp3) is 0.500. The Morgan fingerprint density at radius 2 is 1.74 bits per heavy atom. The Bertz CT molecular complexity index is 1100. The van der Waals surface area contributed by atoms with Gasteiger partial charge in [-0.15, -0.1) is 0 Å². The zero-order chi connectivity index (χ0) is 24.1. The van der Waals surface area contributed by atoms with Crippen molar-refractivity contribution in [3.63, 3.8) is 0 Å². The Morgan fingerprint density at radius 1 is 1.03 bits per heavy atom. The summed E-state index contributed by atoms with van der Waals surface area (Å²) < 4.78 is 28.3. The highest BCUT2D eigenvalue weighted by molar-refractivity contribution is 7.88. The molecule has 2 aromatic rings. The lowest BCUT2D eigenvalue weighted by atomic mass is 9.74. The molecule has 0 aliphatic carbocycles. The Labute approximate surface area is 204 Å². The van der Waals surface area contributed by atoms with E-state index in [-0.39, 0.29) is 30.4 Å². The lowest BCUT2D eigenvalue weighted by Crippen LogP contribution is -2.67. The number of fused-ring (bicyclic) bond motifs is 1. The van der Waals surface area contributed by atoms with Crippen LogP contribution in [0.15, 0.2) is 54.6 Å². The molecule has 6 heteroatoms. The molecular weight excluding hydrogens is 444 g/mol. The molecule has 2 aromatic carbocycles. The molecule has 1 N–H and O–H groups in total. The van der Waals surface area contributed by atoms with Gasteiger partial charge in [0.05, 0.1) is 12.4 Å². The SMILES string of the molecule is CC(C)CC#Cc1ccc([C@H]2[C@@H](CO)N3CCCCN(S(=O)(=O)Cc4ccccc4)C[C@H]23)cc1. The van der Waals surface area contributed by atoms with E-state index in [2.05, 4.69) is 42.7 Å². The van der Waals surface area contributed by atoms with Crippen LogP contribution in [0.4, 0.5) is 0 Å². The second-order valence-corrected chi connectivity index (χ2v) is 11.9. The van der Waals surface area contributed by atoms with Gasteiger partial charge >= 0.3 is 0 Å². The van der Waals surface area contributed by atoms with Gasteiger partial charge in [-0.2, -0.15) is 0 Å². The van der Waals surface area contributed by atoms with Crippen molar-refractivity contribution in [3.8, 4) is 11.8 Å². The van der Waals surface area contributed by atoms with Crippen LogP contribution in [0.25, 0.3) is 0 Å². The second-order valence-electron chi connectivity index (χ2n) is 9.91. The molecule has 182 valence electrons. The minimum Gasteiger partial charge on any atom is -0.395 e. The zero-order valence-corrected chi connectivity index (χ0v) is 21.0. The number of benzene rings is 2. The van der Waals surface area contributed by atoms with Gasteiger partial charge in [0.2, 0.25) is 10.0 Å².